The standard InChI is InChI=1S/C15H15NO3/c1-10(17)11-7-8-13(16-9-11)12-5-4-6-14(18-2)15(12)19-3/h4-9H,1-3H3. The van der Waals surface area contributed by atoms with Crippen LogP contribution in [0.3, 0.4) is 0 Å². The molecule has 2 rings (SSSR count). The fourth-order valence-corrected chi connectivity index (χ4v) is 1.85. The highest BCUT2D eigenvalue weighted by molar-refractivity contribution is 5.94. The maximum Gasteiger partial charge on any atom is 0.170 e. The van der Waals surface area contributed by atoms with Crippen LogP contribution < -0.4 is 9.47 Å². The lowest BCUT2D eigenvalue weighted by molar-refractivity contribution is 0.101. The second kappa shape index (κ2) is 5.52. The SMILES string of the molecule is COc1cccc(-c2ccc(C(C)=O)cn2)c1OC. The van der Waals surface area contributed by atoms with Crippen molar-refractivity contribution in [3.63, 3.8) is 0 Å². The average molecular weight is 257 g/mol. The number of nitrogens with zero attached hydrogens (tertiary/aromatic N) is 1. The van der Waals surface area contributed by atoms with Crippen molar-refractivity contribution in [1.29, 1.82) is 0 Å². The number of pyridine rings is 1. The van der Waals surface area contributed by atoms with Gasteiger partial charge in [-0.05, 0) is 31.2 Å². The van der Waals surface area contributed by atoms with Gasteiger partial charge in [0, 0.05) is 17.3 Å². The molecule has 0 aliphatic carbocycles. The number of benzene rings is 1. The zero-order valence-electron chi connectivity index (χ0n) is 11.1. The Labute approximate surface area is 112 Å². The summed E-state index contributed by atoms with van der Waals surface area (Å²) in [6.45, 7) is 1.52. The van der Waals surface area contributed by atoms with Gasteiger partial charge in [0.2, 0.25) is 0 Å². The molecule has 1 aromatic carbocycles. The molecule has 1 aromatic heterocycles. The summed E-state index contributed by atoms with van der Waals surface area (Å²) in [5.41, 5.74) is 2.16. The van der Waals surface area contributed by atoms with Crippen molar-refractivity contribution >= 4 is 5.78 Å². The van der Waals surface area contributed by atoms with Gasteiger partial charge in [0.05, 0.1) is 19.9 Å². The van der Waals surface area contributed by atoms with E-state index in [0.29, 0.717) is 17.1 Å². The van der Waals surface area contributed by atoms with Gasteiger partial charge in [0.1, 0.15) is 0 Å². The molecule has 0 atom stereocenters. The molecule has 0 fully saturated rings. The minimum absolute atomic E-state index is 0.00310. The third kappa shape index (κ3) is 2.57. The van der Waals surface area contributed by atoms with E-state index < -0.39 is 0 Å². The normalized spacial score (nSPS) is 10.1. The summed E-state index contributed by atoms with van der Waals surface area (Å²) in [5.74, 6) is 1.28. The van der Waals surface area contributed by atoms with E-state index in [1.54, 1.807) is 32.5 Å². The molecule has 4 heteroatoms. The monoisotopic (exact) mass is 257 g/mol. The first-order valence-electron chi connectivity index (χ1n) is 5.85. The molecule has 0 amide bonds. The summed E-state index contributed by atoms with van der Waals surface area (Å²) in [6, 6.07) is 9.15. The van der Waals surface area contributed by atoms with Crippen LogP contribution in [0.5, 0.6) is 11.5 Å². The predicted molar refractivity (Wildman–Crippen MR) is 72.8 cm³/mol. The number of carbonyl (C=O) groups is 1. The van der Waals surface area contributed by atoms with E-state index in [-0.39, 0.29) is 5.78 Å². The Balaban J connectivity index is 2.49. The second-order valence-corrected chi connectivity index (χ2v) is 4.03. The molecule has 2 aromatic rings. The predicted octanol–water partition coefficient (Wildman–Crippen LogP) is 2.97. The Hall–Kier alpha value is -2.36. The van der Waals surface area contributed by atoms with Crippen LogP contribution in [0.2, 0.25) is 0 Å². The van der Waals surface area contributed by atoms with Gasteiger partial charge in [-0.3, -0.25) is 9.78 Å². The van der Waals surface area contributed by atoms with Gasteiger partial charge in [0.15, 0.2) is 17.3 Å². The van der Waals surface area contributed by atoms with Crippen molar-refractivity contribution in [2.45, 2.75) is 6.92 Å². The van der Waals surface area contributed by atoms with Crippen LogP contribution in [0.15, 0.2) is 36.5 Å². The van der Waals surface area contributed by atoms with Gasteiger partial charge in [-0.1, -0.05) is 6.07 Å². The lowest BCUT2D eigenvalue weighted by Crippen LogP contribution is -1.96. The quantitative estimate of drug-likeness (QED) is 0.790. The maximum absolute atomic E-state index is 11.2. The molecule has 0 radical (unpaired) electrons. The van der Waals surface area contributed by atoms with E-state index in [2.05, 4.69) is 4.98 Å². The minimum atomic E-state index is -0.00310. The molecule has 0 aliphatic rings. The first-order valence-corrected chi connectivity index (χ1v) is 5.85. The van der Waals surface area contributed by atoms with Gasteiger partial charge in [-0.2, -0.15) is 0 Å². The van der Waals surface area contributed by atoms with Crippen molar-refractivity contribution < 1.29 is 14.3 Å². The Kier molecular flexibility index (Phi) is 3.80. The topological polar surface area (TPSA) is 48.4 Å². The number of methoxy groups -OCH3 is 2. The van der Waals surface area contributed by atoms with Crippen molar-refractivity contribution in [2.24, 2.45) is 0 Å². The van der Waals surface area contributed by atoms with Gasteiger partial charge in [-0.15, -0.1) is 0 Å². The summed E-state index contributed by atoms with van der Waals surface area (Å²) in [5, 5.41) is 0. The number of para-hydroxylation sites is 1. The first-order chi connectivity index (χ1) is 9.17. The Morgan fingerprint density at radius 1 is 1.11 bits per heavy atom. The van der Waals surface area contributed by atoms with Crippen molar-refractivity contribution in [1.82, 2.24) is 4.98 Å². The minimum Gasteiger partial charge on any atom is -0.493 e. The number of carbonyl (C=O) groups excluding carboxylic acids is 1. The molecule has 0 unspecified atom stereocenters. The summed E-state index contributed by atoms with van der Waals surface area (Å²) in [4.78, 5) is 15.5. The molecule has 0 N–H and O–H groups in total. The third-order valence-corrected chi connectivity index (χ3v) is 2.85. The van der Waals surface area contributed by atoms with Crippen molar-refractivity contribution in [3.05, 3.63) is 42.1 Å². The molecule has 19 heavy (non-hydrogen) atoms. The molecular formula is C15H15NO3. The lowest BCUT2D eigenvalue weighted by Gasteiger charge is -2.12. The van der Waals surface area contributed by atoms with Crippen LogP contribution in [-0.2, 0) is 0 Å². The van der Waals surface area contributed by atoms with Crippen molar-refractivity contribution in [3.8, 4) is 22.8 Å². The molecule has 0 spiro atoms. The fraction of sp³-hybridized carbons (Fsp3) is 0.200. The van der Waals surface area contributed by atoms with E-state index in [9.17, 15) is 4.79 Å². The van der Waals surface area contributed by atoms with Crippen LogP contribution in [0.1, 0.15) is 17.3 Å². The van der Waals surface area contributed by atoms with E-state index >= 15 is 0 Å². The first kappa shape index (κ1) is 13.1. The van der Waals surface area contributed by atoms with E-state index in [0.717, 1.165) is 11.3 Å². The molecule has 0 saturated carbocycles. The zero-order chi connectivity index (χ0) is 13.8. The third-order valence-electron chi connectivity index (χ3n) is 2.85. The van der Waals surface area contributed by atoms with E-state index in [1.165, 1.54) is 6.92 Å². The number of ketones is 1. The average Bonchev–Trinajstić information content (AvgIpc) is 2.46. The van der Waals surface area contributed by atoms with E-state index in [1.807, 2.05) is 18.2 Å². The van der Waals surface area contributed by atoms with Crippen LogP contribution in [0, 0.1) is 0 Å². The number of ether oxygens (including phenoxy) is 2. The fourth-order valence-electron chi connectivity index (χ4n) is 1.85. The van der Waals surface area contributed by atoms with Crippen LogP contribution >= 0.6 is 0 Å². The van der Waals surface area contributed by atoms with Crippen molar-refractivity contribution in [2.75, 3.05) is 14.2 Å². The largest absolute Gasteiger partial charge is 0.493 e. The Bertz CT molecular complexity index is 591. The smallest absolute Gasteiger partial charge is 0.170 e. The van der Waals surface area contributed by atoms with Gasteiger partial charge < -0.3 is 9.47 Å². The van der Waals surface area contributed by atoms with E-state index in [4.69, 9.17) is 9.47 Å². The molecule has 98 valence electrons. The van der Waals surface area contributed by atoms with Gasteiger partial charge in [-0.25, -0.2) is 0 Å². The highest BCUT2D eigenvalue weighted by Crippen LogP contribution is 2.36. The molecule has 4 nitrogen and oxygen atoms in total. The van der Waals surface area contributed by atoms with Crippen LogP contribution in [-0.4, -0.2) is 25.0 Å². The van der Waals surface area contributed by atoms with Gasteiger partial charge >= 0.3 is 0 Å². The lowest BCUT2D eigenvalue weighted by atomic mass is 10.1. The summed E-state index contributed by atoms with van der Waals surface area (Å²) in [7, 11) is 3.18. The maximum atomic E-state index is 11.2. The highest BCUT2D eigenvalue weighted by atomic mass is 16.5. The zero-order valence-corrected chi connectivity index (χ0v) is 11.1. The second-order valence-electron chi connectivity index (χ2n) is 4.03. The molecule has 0 saturated heterocycles. The summed E-state index contributed by atoms with van der Waals surface area (Å²) >= 11 is 0. The molecule has 0 bridgehead atoms. The molecular weight excluding hydrogens is 242 g/mol. The number of hydrogen-bond donors (Lipinski definition) is 0. The van der Waals surface area contributed by atoms with Crippen LogP contribution in [0.25, 0.3) is 11.3 Å². The number of Topliss-reactive ketones (excluding diaryl/α,β-unsaturated/α-hetero) is 1. The molecule has 0 aliphatic heterocycles. The van der Waals surface area contributed by atoms with Crippen LogP contribution in [0.4, 0.5) is 0 Å². The summed E-state index contributed by atoms with van der Waals surface area (Å²) < 4.78 is 10.6. The number of aromatic nitrogens is 1. The molecule has 1 heterocycles. The number of rotatable bonds is 4. The number of hydrogen-bond acceptors (Lipinski definition) is 4. The highest BCUT2D eigenvalue weighted by Gasteiger charge is 2.12. The Morgan fingerprint density at radius 3 is 2.42 bits per heavy atom. The Morgan fingerprint density at radius 2 is 1.89 bits per heavy atom. The summed E-state index contributed by atoms with van der Waals surface area (Å²) in [6.07, 6.45) is 1.57. The van der Waals surface area contributed by atoms with Gasteiger partial charge in [0.25, 0.3) is 0 Å².